The summed E-state index contributed by atoms with van der Waals surface area (Å²) in [5, 5.41) is 5.61. The third kappa shape index (κ3) is 6.30. The number of ether oxygens (including phenoxy) is 1. The molecule has 0 aliphatic rings. The lowest BCUT2D eigenvalue weighted by Gasteiger charge is -2.21. The number of hydrogen-bond donors (Lipinski definition) is 2. The van der Waals surface area contributed by atoms with Gasteiger partial charge in [0.05, 0.1) is 0 Å². The molecule has 0 bridgehead atoms. The Morgan fingerprint density at radius 2 is 1.56 bits per heavy atom. The van der Waals surface area contributed by atoms with E-state index in [1.807, 2.05) is 62.4 Å². The highest BCUT2D eigenvalue weighted by Gasteiger charge is 2.24. The summed E-state index contributed by atoms with van der Waals surface area (Å²) in [6.07, 6.45) is 0. The molecule has 0 aliphatic carbocycles. The lowest BCUT2D eigenvalue weighted by atomic mass is 10.0. The van der Waals surface area contributed by atoms with E-state index in [0.29, 0.717) is 12.3 Å². The largest absolute Gasteiger partial charge is 0.484 e. The van der Waals surface area contributed by atoms with Crippen molar-refractivity contribution in [3.8, 4) is 5.75 Å². The predicted molar refractivity (Wildman–Crippen MR) is 97.0 cm³/mol. The van der Waals surface area contributed by atoms with E-state index in [4.69, 9.17) is 4.74 Å². The number of rotatable bonds is 8. The molecule has 25 heavy (non-hydrogen) atoms. The van der Waals surface area contributed by atoms with E-state index >= 15 is 0 Å². The van der Waals surface area contributed by atoms with Crippen molar-refractivity contribution in [3.05, 3.63) is 66.2 Å². The Morgan fingerprint density at radius 1 is 0.960 bits per heavy atom. The summed E-state index contributed by atoms with van der Waals surface area (Å²) in [7, 11) is 0. The number of para-hydroxylation sites is 1. The molecule has 5 nitrogen and oxygen atoms in total. The van der Waals surface area contributed by atoms with Gasteiger partial charge in [-0.1, -0.05) is 62.4 Å². The quantitative estimate of drug-likeness (QED) is 0.776. The molecule has 2 amide bonds. The molecule has 0 spiro atoms. The SMILES string of the molecule is CC(C)C(NC(=O)COc1ccccc1)C(=O)NCc1ccccc1. The van der Waals surface area contributed by atoms with E-state index in [2.05, 4.69) is 10.6 Å². The van der Waals surface area contributed by atoms with Crippen LogP contribution in [0.4, 0.5) is 0 Å². The van der Waals surface area contributed by atoms with Crippen LogP contribution in [0.3, 0.4) is 0 Å². The van der Waals surface area contributed by atoms with Crippen molar-refractivity contribution in [2.45, 2.75) is 26.4 Å². The molecule has 2 aromatic carbocycles. The molecule has 132 valence electrons. The number of carbonyl (C=O) groups excluding carboxylic acids is 2. The highest BCUT2D eigenvalue weighted by molar-refractivity contribution is 5.88. The molecular weight excluding hydrogens is 316 g/mol. The van der Waals surface area contributed by atoms with Gasteiger partial charge in [-0.25, -0.2) is 0 Å². The second kappa shape index (κ2) is 9.47. The smallest absolute Gasteiger partial charge is 0.258 e. The van der Waals surface area contributed by atoms with Gasteiger partial charge in [0, 0.05) is 6.54 Å². The van der Waals surface area contributed by atoms with Crippen molar-refractivity contribution >= 4 is 11.8 Å². The Labute approximate surface area is 148 Å². The normalized spacial score (nSPS) is 11.6. The van der Waals surface area contributed by atoms with Gasteiger partial charge in [0.25, 0.3) is 5.91 Å². The van der Waals surface area contributed by atoms with Crippen LogP contribution in [0, 0.1) is 5.92 Å². The average Bonchev–Trinajstić information content (AvgIpc) is 2.64. The molecule has 2 aromatic rings. The summed E-state index contributed by atoms with van der Waals surface area (Å²) in [4.78, 5) is 24.5. The van der Waals surface area contributed by atoms with Crippen LogP contribution >= 0.6 is 0 Å². The van der Waals surface area contributed by atoms with E-state index in [9.17, 15) is 9.59 Å². The van der Waals surface area contributed by atoms with Crippen LogP contribution in [0.2, 0.25) is 0 Å². The maximum absolute atomic E-state index is 12.4. The van der Waals surface area contributed by atoms with Gasteiger partial charge in [0.1, 0.15) is 11.8 Å². The van der Waals surface area contributed by atoms with Crippen LogP contribution in [0.1, 0.15) is 19.4 Å². The van der Waals surface area contributed by atoms with E-state index < -0.39 is 6.04 Å². The Balaban J connectivity index is 1.84. The Hall–Kier alpha value is -2.82. The molecular formula is C20H24N2O3. The summed E-state index contributed by atoms with van der Waals surface area (Å²) in [5.74, 6) is 0.0630. The zero-order valence-electron chi connectivity index (χ0n) is 14.6. The monoisotopic (exact) mass is 340 g/mol. The van der Waals surface area contributed by atoms with E-state index in [-0.39, 0.29) is 24.3 Å². The minimum Gasteiger partial charge on any atom is -0.484 e. The Kier molecular flexibility index (Phi) is 7.01. The van der Waals surface area contributed by atoms with Gasteiger partial charge < -0.3 is 15.4 Å². The minimum atomic E-state index is -0.601. The third-order valence-electron chi connectivity index (χ3n) is 3.69. The second-order valence-electron chi connectivity index (χ2n) is 6.09. The van der Waals surface area contributed by atoms with Crippen LogP contribution in [0.15, 0.2) is 60.7 Å². The van der Waals surface area contributed by atoms with E-state index in [0.717, 1.165) is 5.56 Å². The zero-order chi connectivity index (χ0) is 18.1. The standard InChI is InChI=1S/C20H24N2O3/c1-15(2)19(20(24)21-13-16-9-5-3-6-10-16)22-18(23)14-25-17-11-7-4-8-12-17/h3-12,15,19H,13-14H2,1-2H3,(H,21,24)(H,22,23). The Bertz CT molecular complexity index is 672. The number of benzene rings is 2. The molecule has 1 atom stereocenters. The number of hydrogen-bond acceptors (Lipinski definition) is 3. The van der Waals surface area contributed by atoms with Gasteiger partial charge >= 0.3 is 0 Å². The van der Waals surface area contributed by atoms with Crippen LogP contribution in [-0.2, 0) is 16.1 Å². The second-order valence-corrected chi connectivity index (χ2v) is 6.09. The van der Waals surface area contributed by atoms with Crippen molar-refractivity contribution in [1.82, 2.24) is 10.6 Å². The number of carbonyl (C=O) groups is 2. The van der Waals surface area contributed by atoms with Crippen molar-refractivity contribution in [3.63, 3.8) is 0 Å². The fraction of sp³-hybridized carbons (Fsp3) is 0.300. The molecule has 2 rings (SSSR count). The lowest BCUT2D eigenvalue weighted by molar-refractivity contribution is -0.131. The summed E-state index contributed by atoms with van der Waals surface area (Å²) in [6.45, 7) is 4.09. The predicted octanol–water partition coefficient (Wildman–Crippen LogP) is 2.52. The number of amides is 2. The summed E-state index contributed by atoms with van der Waals surface area (Å²) in [6, 6.07) is 18.1. The first-order valence-corrected chi connectivity index (χ1v) is 8.35. The van der Waals surface area contributed by atoms with Gasteiger partial charge in [-0.2, -0.15) is 0 Å². The topological polar surface area (TPSA) is 67.4 Å². The summed E-state index contributed by atoms with van der Waals surface area (Å²) in [5.41, 5.74) is 1.01. The first-order chi connectivity index (χ1) is 12.1. The lowest BCUT2D eigenvalue weighted by Crippen LogP contribution is -2.50. The Morgan fingerprint density at radius 3 is 2.16 bits per heavy atom. The van der Waals surface area contributed by atoms with Gasteiger partial charge in [0.2, 0.25) is 5.91 Å². The third-order valence-corrected chi connectivity index (χ3v) is 3.69. The first kappa shape index (κ1) is 18.5. The molecule has 2 N–H and O–H groups in total. The van der Waals surface area contributed by atoms with Crippen LogP contribution < -0.4 is 15.4 Å². The highest BCUT2D eigenvalue weighted by Crippen LogP contribution is 2.08. The van der Waals surface area contributed by atoms with Crippen molar-refractivity contribution < 1.29 is 14.3 Å². The van der Waals surface area contributed by atoms with E-state index in [1.165, 1.54) is 0 Å². The van der Waals surface area contributed by atoms with Gasteiger partial charge in [-0.3, -0.25) is 9.59 Å². The van der Waals surface area contributed by atoms with Crippen LogP contribution in [-0.4, -0.2) is 24.5 Å². The fourth-order valence-electron chi connectivity index (χ4n) is 2.31. The summed E-state index contributed by atoms with van der Waals surface area (Å²) < 4.78 is 5.41. The van der Waals surface area contributed by atoms with Crippen molar-refractivity contribution in [2.24, 2.45) is 5.92 Å². The number of nitrogens with one attached hydrogen (secondary N) is 2. The fourth-order valence-corrected chi connectivity index (χ4v) is 2.31. The minimum absolute atomic E-state index is 0.0311. The average molecular weight is 340 g/mol. The first-order valence-electron chi connectivity index (χ1n) is 8.35. The molecule has 0 saturated carbocycles. The molecule has 0 fully saturated rings. The molecule has 0 radical (unpaired) electrons. The van der Waals surface area contributed by atoms with Gasteiger partial charge in [-0.15, -0.1) is 0 Å². The van der Waals surface area contributed by atoms with Gasteiger partial charge in [-0.05, 0) is 23.6 Å². The maximum atomic E-state index is 12.4. The molecule has 0 heterocycles. The van der Waals surface area contributed by atoms with E-state index in [1.54, 1.807) is 12.1 Å². The molecule has 1 unspecified atom stereocenters. The zero-order valence-corrected chi connectivity index (χ0v) is 14.6. The molecule has 0 saturated heterocycles. The highest BCUT2D eigenvalue weighted by atomic mass is 16.5. The summed E-state index contributed by atoms with van der Waals surface area (Å²) >= 11 is 0. The van der Waals surface area contributed by atoms with Crippen molar-refractivity contribution in [1.29, 1.82) is 0 Å². The maximum Gasteiger partial charge on any atom is 0.258 e. The van der Waals surface area contributed by atoms with Gasteiger partial charge in [0.15, 0.2) is 6.61 Å². The van der Waals surface area contributed by atoms with Crippen LogP contribution in [0.5, 0.6) is 5.75 Å². The molecule has 5 heteroatoms. The molecule has 0 aromatic heterocycles. The van der Waals surface area contributed by atoms with Crippen LogP contribution in [0.25, 0.3) is 0 Å². The van der Waals surface area contributed by atoms with Crippen molar-refractivity contribution in [2.75, 3.05) is 6.61 Å². The molecule has 0 aliphatic heterocycles.